The minimum atomic E-state index is -1.23. The van der Waals surface area contributed by atoms with Gasteiger partial charge in [-0.3, -0.25) is 4.98 Å². The molecule has 0 saturated heterocycles. The minimum Gasteiger partial charge on any atom is -0.480 e. The SMILES string of the molecule is CCCC(C)(NC(=O)N(C)CCc1ccccn1)C(=O)O. The van der Waals surface area contributed by atoms with Crippen molar-refractivity contribution < 1.29 is 14.7 Å². The third-order valence-electron chi connectivity index (χ3n) is 3.38. The Morgan fingerprint density at radius 3 is 2.67 bits per heavy atom. The number of carboxylic acid groups (broad SMARTS) is 1. The van der Waals surface area contributed by atoms with Gasteiger partial charge in [-0.1, -0.05) is 19.4 Å². The molecule has 0 aliphatic rings. The first-order valence-electron chi connectivity index (χ1n) is 7.05. The van der Waals surface area contributed by atoms with Crippen LogP contribution in [0.1, 0.15) is 32.4 Å². The van der Waals surface area contributed by atoms with Crippen LogP contribution in [0.3, 0.4) is 0 Å². The molecule has 0 aliphatic carbocycles. The molecule has 2 amide bonds. The molecule has 1 aromatic heterocycles. The first-order chi connectivity index (χ1) is 9.89. The largest absolute Gasteiger partial charge is 0.480 e. The van der Waals surface area contributed by atoms with E-state index in [1.54, 1.807) is 13.2 Å². The van der Waals surface area contributed by atoms with Gasteiger partial charge in [0.15, 0.2) is 0 Å². The number of carbonyl (C=O) groups is 2. The molecule has 0 aromatic carbocycles. The van der Waals surface area contributed by atoms with Crippen LogP contribution in [0.25, 0.3) is 0 Å². The van der Waals surface area contributed by atoms with E-state index < -0.39 is 11.5 Å². The molecule has 0 spiro atoms. The summed E-state index contributed by atoms with van der Waals surface area (Å²) in [6.07, 6.45) is 3.41. The number of hydrogen-bond donors (Lipinski definition) is 2. The number of rotatable bonds is 7. The highest BCUT2D eigenvalue weighted by Crippen LogP contribution is 2.13. The Labute approximate surface area is 125 Å². The summed E-state index contributed by atoms with van der Waals surface area (Å²) in [5.74, 6) is -1.02. The van der Waals surface area contributed by atoms with Crippen molar-refractivity contribution in [3.8, 4) is 0 Å². The van der Waals surface area contributed by atoms with E-state index in [0.717, 1.165) is 5.69 Å². The van der Waals surface area contributed by atoms with Gasteiger partial charge in [-0.05, 0) is 25.5 Å². The van der Waals surface area contributed by atoms with Gasteiger partial charge >= 0.3 is 12.0 Å². The molecule has 1 rings (SSSR count). The van der Waals surface area contributed by atoms with Gasteiger partial charge < -0.3 is 15.3 Å². The number of carboxylic acids is 1. The van der Waals surface area contributed by atoms with E-state index in [4.69, 9.17) is 0 Å². The van der Waals surface area contributed by atoms with Gasteiger partial charge in [0.25, 0.3) is 0 Å². The normalized spacial score (nSPS) is 13.3. The Hall–Kier alpha value is -2.11. The van der Waals surface area contributed by atoms with Crippen LogP contribution in [0.4, 0.5) is 4.79 Å². The van der Waals surface area contributed by atoms with Crippen LogP contribution in [-0.4, -0.2) is 46.1 Å². The molecule has 116 valence electrons. The van der Waals surface area contributed by atoms with Gasteiger partial charge in [-0.15, -0.1) is 0 Å². The second-order valence-corrected chi connectivity index (χ2v) is 5.31. The topological polar surface area (TPSA) is 82.5 Å². The second-order valence-electron chi connectivity index (χ2n) is 5.31. The monoisotopic (exact) mass is 293 g/mol. The van der Waals surface area contributed by atoms with Crippen molar-refractivity contribution in [3.05, 3.63) is 30.1 Å². The molecule has 0 radical (unpaired) electrons. The number of urea groups is 1. The molecular formula is C15H23N3O3. The smallest absolute Gasteiger partial charge is 0.329 e. The Balaban J connectivity index is 2.55. The molecule has 0 saturated carbocycles. The van der Waals surface area contributed by atoms with Crippen LogP contribution in [0, 0.1) is 0 Å². The summed E-state index contributed by atoms with van der Waals surface area (Å²) < 4.78 is 0. The van der Waals surface area contributed by atoms with Crippen molar-refractivity contribution in [1.82, 2.24) is 15.2 Å². The van der Waals surface area contributed by atoms with Gasteiger partial charge in [0, 0.05) is 31.9 Å². The lowest BCUT2D eigenvalue weighted by molar-refractivity contribution is -0.144. The molecule has 0 fully saturated rings. The van der Waals surface area contributed by atoms with Gasteiger partial charge in [0.05, 0.1) is 0 Å². The molecule has 6 nitrogen and oxygen atoms in total. The quantitative estimate of drug-likeness (QED) is 0.804. The number of aromatic nitrogens is 1. The van der Waals surface area contributed by atoms with Crippen LogP contribution >= 0.6 is 0 Å². The number of amides is 2. The van der Waals surface area contributed by atoms with Gasteiger partial charge in [-0.25, -0.2) is 9.59 Å². The highest BCUT2D eigenvalue weighted by atomic mass is 16.4. The number of pyridine rings is 1. The van der Waals surface area contributed by atoms with Crippen molar-refractivity contribution >= 4 is 12.0 Å². The fourth-order valence-electron chi connectivity index (χ4n) is 1.98. The summed E-state index contributed by atoms with van der Waals surface area (Å²) in [6, 6.07) is 5.24. The molecule has 6 heteroatoms. The average Bonchev–Trinajstić information content (AvgIpc) is 2.45. The molecule has 21 heavy (non-hydrogen) atoms. The Bertz CT molecular complexity index is 478. The van der Waals surface area contributed by atoms with Crippen LogP contribution in [0.5, 0.6) is 0 Å². The summed E-state index contributed by atoms with van der Waals surface area (Å²) >= 11 is 0. The van der Waals surface area contributed by atoms with Crippen LogP contribution < -0.4 is 5.32 Å². The molecule has 1 unspecified atom stereocenters. The standard InChI is InChI=1S/C15H23N3O3/c1-4-9-15(2,13(19)20)17-14(21)18(3)11-8-12-7-5-6-10-16-12/h5-7,10H,4,8-9,11H2,1-3H3,(H,17,21)(H,19,20). The van der Waals surface area contributed by atoms with Crippen molar-refractivity contribution in [2.24, 2.45) is 0 Å². The molecule has 0 bridgehead atoms. The van der Waals surface area contributed by atoms with Crippen molar-refractivity contribution in [2.75, 3.05) is 13.6 Å². The van der Waals surface area contributed by atoms with E-state index in [1.807, 2.05) is 25.1 Å². The summed E-state index contributed by atoms with van der Waals surface area (Å²) in [6.45, 7) is 3.89. The molecule has 1 heterocycles. The predicted octanol–water partition coefficient (Wildman–Crippen LogP) is 1.91. The number of hydrogen-bond acceptors (Lipinski definition) is 3. The maximum atomic E-state index is 12.1. The van der Waals surface area contributed by atoms with Crippen molar-refractivity contribution in [1.29, 1.82) is 0 Å². The van der Waals surface area contributed by atoms with E-state index in [-0.39, 0.29) is 6.03 Å². The van der Waals surface area contributed by atoms with Crippen molar-refractivity contribution in [2.45, 2.75) is 38.6 Å². The highest BCUT2D eigenvalue weighted by Gasteiger charge is 2.34. The zero-order valence-corrected chi connectivity index (χ0v) is 12.8. The van der Waals surface area contributed by atoms with E-state index in [0.29, 0.717) is 25.8 Å². The average molecular weight is 293 g/mol. The second kappa shape index (κ2) is 7.61. The third-order valence-corrected chi connectivity index (χ3v) is 3.38. The number of nitrogens with one attached hydrogen (secondary N) is 1. The Morgan fingerprint density at radius 1 is 1.43 bits per heavy atom. The lowest BCUT2D eigenvalue weighted by Gasteiger charge is -2.28. The fourth-order valence-corrected chi connectivity index (χ4v) is 1.98. The molecule has 1 atom stereocenters. The molecule has 1 aromatic rings. The number of likely N-dealkylation sites (N-methyl/N-ethyl adjacent to an activating group) is 1. The molecule has 0 aliphatic heterocycles. The molecule has 2 N–H and O–H groups in total. The summed E-state index contributed by atoms with van der Waals surface area (Å²) in [5.41, 5.74) is -0.336. The Kier molecular flexibility index (Phi) is 6.14. The van der Waals surface area contributed by atoms with E-state index in [1.165, 1.54) is 11.8 Å². The maximum Gasteiger partial charge on any atom is 0.329 e. The predicted molar refractivity (Wildman–Crippen MR) is 80.1 cm³/mol. The third kappa shape index (κ3) is 5.06. The van der Waals surface area contributed by atoms with E-state index >= 15 is 0 Å². The van der Waals surface area contributed by atoms with E-state index in [2.05, 4.69) is 10.3 Å². The highest BCUT2D eigenvalue weighted by molar-refractivity contribution is 5.85. The summed E-state index contributed by atoms with van der Waals surface area (Å²) in [4.78, 5) is 29.1. The fraction of sp³-hybridized carbons (Fsp3) is 0.533. The summed E-state index contributed by atoms with van der Waals surface area (Å²) in [7, 11) is 1.65. The van der Waals surface area contributed by atoms with Crippen LogP contribution in [0.2, 0.25) is 0 Å². The van der Waals surface area contributed by atoms with Crippen molar-refractivity contribution in [3.63, 3.8) is 0 Å². The Morgan fingerprint density at radius 2 is 2.14 bits per heavy atom. The number of carbonyl (C=O) groups excluding carboxylic acids is 1. The first-order valence-corrected chi connectivity index (χ1v) is 7.05. The number of aliphatic carboxylic acids is 1. The molecular weight excluding hydrogens is 270 g/mol. The minimum absolute atomic E-state index is 0.385. The van der Waals surface area contributed by atoms with Crippen LogP contribution in [-0.2, 0) is 11.2 Å². The van der Waals surface area contributed by atoms with Gasteiger partial charge in [-0.2, -0.15) is 0 Å². The van der Waals surface area contributed by atoms with Crippen LogP contribution in [0.15, 0.2) is 24.4 Å². The van der Waals surface area contributed by atoms with Gasteiger partial charge in [0.1, 0.15) is 5.54 Å². The lowest BCUT2D eigenvalue weighted by atomic mass is 9.96. The maximum absolute atomic E-state index is 12.1. The summed E-state index contributed by atoms with van der Waals surface area (Å²) in [5, 5.41) is 11.9. The zero-order valence-electron chi connectivity index (χ0n) is 12.8. The van der Waals surface area contributed by atoms with Gasteiger partial charge in [0.2, 0.25) is 0 Å². The zero-order chi connectivity index (χ0) is 15.9. The van der Waals surface area contributed by atoms with E-state index in [9.17, 15) is 14.7 Å². The first kappa shape index (κ1) is 16.9. The lowest BCUT2D eigenvalue weighted by Crippen LogP contribution is -2.55. The number of nitrogens with zero attached hydrogens (tertiary/aromatic N) is 2.